The molecule has 3 saturated carbocycles. The number of nitrogens with zero attached hydrogens (tertiary/aromatic N) is 3. The zero-order chi connectivity index (χ0) is 29.8. The van der Waals surface area contributed by atoms with E-state index < -0.39 is 0 Å². The molecular formula is C34H35Cl2N5O2. The lowest BCUT2D eigenvalue weighted by Crippen LogP contribution is -2.21. The van der Waals surface area contributed by atoms with Gasteiger partial charge in [0.2, 0.25) is 0 Å². The molecule has 9 heteroatoms. The maximum Gasteiger partial charge on any atom is 0.154 e. The molecule has 222 valence electrons. The summed E-state index contributed by atoms with van der Waals surface area (Å²) in [7, 11) is 4.09. The van der Waals surface area contributed by atoms with E-state index in [4.69, 9.17) is 28.2 Å². The van der Waals surface area contributed by atoms with Gasteiger partial charge in [-0.2, -0.15) is 0 Å². The van der Waals surface area contributed by atoms with Crippen molar-refractivity contribution in [3.63, 3.8) is 0 Å². The van der Waals surface area contributed by atoms with Crippen molar-refractivity contribution in [2.75, 3.05) is 37.8 Å². The Balaban J connectivity index is 1.43. The molecule has 0 amide bonds. The summed E-state index contributed by atoms with van der Waals surface area (Å²) in [4.78, 5) is 24.8. The molecule has 2 heterocycles. The van der Waals surface area contributed by atoms with Crippen molar-refractivity contribution in [3.8, 4) is 16.9 Å². The third-order valence-electron chi connectivity index (χ3n) is 8.70. The lowest BCUT2D eigenvalue weighted by Gasteiger charge is -2.23. The molecule has 7 rings (SSSR count). The zero-order valence-electron chi connectivity index (χ0n) is 24.4. The van der Waals surface area contributed by atoms with Gasteiger partial charge in [0.05, 0.1) is 44.4 Å². The van der Waals surface area contributed by atoms with Crippen LogP contribution in [0, 0.1) is 0 Å². The molecule has 0 bridgehead atoms. The maximum atomic E-state index is 12.8. The number of hydrogen-bond acceptors (Lipinski definition) is 7. The van der Waals surface area contributed by atoms with Crippen molar-refractivity contribution in [3.05, 3.63) is 69.0 Å². The number of aldehydes is 1. The number of phenolic OH excluding ortho intramolecular Hbond substituents is 1. The molecule has 3 N–H and O–H groups in total. The summed E-state index contributed by atoms with van der Waals surface area (Å²) in [6, 6.07) is 9.81. The van der Waals surface area contributed by atoms with Crippen LogP contribution in [0.4, 0.5) is 17.2 Å². The molecule has 7 nitrogen and oxygen atoms in total. The van der Waals surface area contributed by atoms with E-state index in [1.165, 1.54) is 11.1 Å². The number of aromatic hydroxyl groups is 1. The largest absolute Gasteiger partial charge is 0.505 e. The standard InChI is InChI=1S/C34H35Cl2N5O2/c1-41(2)12-11-37-28-10-9-22(16-38-28)39-33-24(17-42)32(20-7-8-20)40-27-15-23(18-3-4-18)29(30(31(27)33)19-5-6-19)21-13-25(35)34(43)26(36)14-21/h9-10,13-20,43H,3-8,11-12H2,1-2H3,(H,37,38)(H,39,40). The Labute approximate surface area is 261 Å². The maximum absolute atomic E-state index is 12.8. The highest BCUT2D eigenvalue weighted by atomic mass is 35.5. The van der Waals surface area contributed by atoms with E-state index in [1.54, 1.807) is 0 Å². The van der Waals surface area contributed by atoms with E-state index in [1.807, 2.05) is 44.6 Å². The van der Waals surface area contributed by atoms with Crippen molar-refractivity contribution < 1.29 is 9.90 Å². The smallest absolute Gasteiger partial charge is 0.154 e. The number of nitrogens with one attached hydrogen (secondary N) is 2. The number of fused-ring (bicyclic) bond motifs is 1. The van der Waals surface area contributed by atoms with Crippen LogP contribution >= 0.6 is 23.2 Å². The molecule has 43 heavy (non-hydrogen) atoms. The molecule has 2 aromatic carbocycles. The molecule has 4 aromatic rings. The van der Waals surface area contributed by atoms with Crippen molar-refractivity contribution in [1.29, 1.82) is 0 Å². The second-order valence-corrected chi connectivity index (χ2v) is 13.3. The highest BCUT2D eigenvalue weighted by Gasteiger charge is 2.38. The Hall–Kier alpha value is -3.39. The monoisotopic (exact) mass is 615 g/mol. The van der Waals surface area contributed by atoms with Gasteiger partial charge >= 0.3 is 0 Å². The summed E-state index contributed by atoms with van der Waals surface area (Å²) in [5, 5.41) is 18.8. The molecule has 3 fully saturated rings. The normalized spacial score (nSPS) is 16.6. The quantitative estimate of drug-likeness (QED) is 0.146. The second kappa shape index (κ2) is 11.3. The highest BCUT2D eigenvalue weighted by molar-refractivity contribution is 6.37. The average Bonchev–Trinajstić information content (AvgIpc) is 3.82. The number of anilines is 3. The number of halogens is 2. The third kappa shape index (κ3) is 5.66. The van der Waals surface area contributed by atoms with Gasteiger partial charge in [-0.05, 0) is 117 Å². The van der Waals surface area contributed by atoms with E-state index in [2.05, 4.69) is 26.6 Å². The average molecular weight is 617 g/mol. The van der Waals surface area contributed by atoms with E-state index in [0.29, 0.717) is 23.3 Å². The summed E-state index contributed by atoms with van der Waals surface area (Å²) >= 11 is 12.9. The summed E-state index contributed by atoms with van der Waals surface area (Å²) in [5.41, 5.74) is 8.46. The van der Waals surface area contributed by atoms with E-state index in [0.717, 1.165) is 103 Å². The minimum Gasteiger partial charge on any atom is -0.505 e. The van der Waals surface area contributed by atoms with Crippen LogP contribution in [-0.2, 0) is 0 Å². The van der Waals surface area contributed by atoms with Crippen molar-refractivity contribution >= 4 is 57.6 Å². The Morgan fingerprint density at radius 3 is 2.28 bits per heavy atom. The molecule has 0 radical (unpaired) electrons. The molecule has 0 unspecified atom stereocenters. The molecule has 3 aliphatic carbocycles. The molecule has 0 aliphatic heterocycles. The minimum absolute atomic E-state index is 0.109. The number of phenols is 1. The first kappa shape index (κ1) is 28.4. The zero-order valence-corrected chi connectivity index (χ0v) is 25.9. The van der Waals surface area contributed by atoms with E-state index in [9.17, 15) is 9.90 Å². The van der Waals surface area contributed by atoms with Crippen molar-refractivity contribution in [1.82, 2.24) is 14.9 Å². The number of benzene rings is 2. The van der Waals surface area contributed by atoms with E-state index in [-0.39, 0.29) is 15.8 Å². The van der Waals surface area contributed by atoms with E-state index >= 15 is 0 Å². The summed E-state index contributed by atoms with van der Waals surface area (Å²) in [6.45, 7) is 1.70. The molecule has 0 saturated heterocycles. The van der Waals surface area contributed by atoms with Crippen LogP contribution in [0.2, 0.25) is 10.0 Å². The van der Waals surface area contributed by atoms with Crippen molar-refractivity contribution in [2.24, 2.45) is 0 Å². The van der Waals surface area contributed by atoms with Gasteiger partial charge in [0.15, 0.2) is 12.0 Å². The van der Waals surface area contributed by atoms with Gasteiger partial charge in [-0.25, -0.2) is 4.98 Å². The Bertz CT molecular complexity index is 1710. The third-order valence-corrected chi connectivity index (χ3v) is 9.28. The number of hydrogen-bond donors (Lipinski definition) is 3. The predicted molar refractivity (Wildman–Crippen MR) is 175 cm³/mol. The minimum atomic E-state index is -0.109. The Morgan fingerprint density at radius 2 is 1.70 bits per heavy atom. The summed E-state index contributed by atoms with van der Waals surface area (Å²) < 4.78 is 0. The van der Waals surface area contributed by atoms with Gasteiger partial charge in [0.1, 0.15) is 5.82 Å². The second-order valence-electron chi connectivity index (χ2n) is 12.5. The topological polar surface area (TPSA) is 90.4 Å². The Kier molecular flexibility index (Phi) is 7.44. The lowest BCUT2D eigenvalue weighted by atomic mass is 9.85. The fourth-order valence-corrected chi connectivity index (χ4v) is 6.57. The van der Waals surface area contributed by atoms with Crippen LogP contribution in [-0.4, -0.2) is 53.4 Å². The number of carbonyl (C=O) groups excluding carboxylic acids is 1. The summed E-state index contributed by atoms with van der Waals surface area (Å²) in [5.74, 6) is 1.76. The first-order valence-corrected chi connectivity index (χ1v) is 15.9. The van der Waals surface area contributed by atoms with Crippen LogP contribution < -0.4 is 10.6 Å². The number of likely N-dealkylation sites (N-methyl/N-ethyl adjacent to an activating group) is 1. The van der Waals surface area contributed by atoms with Crippen LogP contribution in [0.3, 0.4) is 0 Å². The van der Waals surface area contributed by atoms with Gasteiger partial charge in [-0.3, -0.25) is 9.78 Å². The van der Waals surface area contributed by atoms with Gasteiger partial charge in [-0.15, -0.1) is 0 Å². The molecule has 2 aromatic heterocycles. The van der Waals surface area contributed by atoms with Crippen molar-refractivity contribution in [2.45, 2.75) is 56.3 Å². The fraction of sp³-hybridized carbons (Fsp3) is 0.382. The van der Waals surface area contributed by atoms with Gasteiger partial charge in [0, 0.05) is 24.4 Å². The predicted octanol–water partition coefficient (Wildman–Crippen LogP) is 8.47. The van der Waals surface area contributed by atoms with Gasteiger partial charge in [-0.1, -0.05) is 23.2 Å². The van der Waals surface area contributed by atoms with Crippen LogP contribution in [0.25, 0.3) is 22.0 Å². The first-order chi connectivity index (χ1) is 20.8. The molecule has 0 atom stereocenters. The fourth-order valence-electron chi connectivity index (χ4n) is 6.08. The van der Waals surface area contributed by atoms with Gasteiger partial charge < -0.3 is 20.6 Å². The van der Waals surface area contributed by atoms with Crippen LogP contribution in [0.15, 0.2) is 36.5 Å². The lowest BCUT2D eigenvalue weighted by molar-refractivity contribution is 0.112. The van der Waals surface area contributed by atoms with Crippen LogP contribution in [0.1, 0.15) is 83.5 Å². The molecule has 3 aliphatic rings. The number of pyridine rings is 2. The number of aromatic nitrogens is 2. The van der Waals surface area contributed by atoms with Gasteiger partial charge in [0.25, 0.3) is 0 Å². The van der Waals surface area contributed by atoms with Crippen LogP contribution in [0.5, 0.6) is 5.75 Å². The Morgan fingerprint density at radius 1 is 1.00 bits per heavy atom. The summed E-state index contributed by atoms with van der Waals surface area (Å²) in [6.07, 6.45) is 9.22. The molecule has 0 spiro atoms. The first-order valence-electron chi connectivity index (χ1n) is 15.1. The number of carbonyl (C=O) groups is 1. The molecular weight excluding hydrogens is 581 g/mol. The SMILES string of the molecule is CN(C)CCNc1ccc(Nc2c(C=O)c(C3CC3)nc3cc(C4CC4)c(-c4cc(Cl)c(O)c(Cl)c4)c(C4CC4)c23)cn1. The highest BCUT2D eigenvalue weighted by Crippen LogP contribution is 2.56. The number of rotatable bonds is 11.